The number of esters is 1. The predicted octanol–water partition coefficient (Wildman–Crippen LogP) is 7.12. The number of methoxy groups -OCH3 is 1. The molecule has 1 aromatic heterocycles. The highest BCUT2D eigenvalue weighted by Gasteiger charge is 2.31. The van der Waals surface area contributed by atoms with Gasteiger partial charge in [0.25, 0.3) is 0 Å². The van der Waals surface area contributed by atoms with Crippen molar-refractivity contribution < 1.29 is 27.9 Å². The molecule has 3 heterocycles. The maximum Gasteiger partial charge on any atom is 0.310 e. The van der Waals surface area contributed by atoms with E-state index in [-0.39, 0.29) is 59.2 Å². The van der Waals surface area contributed by atoms with Gasteiger partial charge in [0.2, 0.25) is 11.8 Å². The normalized spacial score (nSPS) is 19.0. The van der Waals surface area contributed by atoms with Crippen LogP contribution in [0, 0.1) is 21.1 Å². The molecule has 3 aromatic rings. The number of hydrogen-bond donors (Lipinski definition) is 1. The summed E-state index contributed by atoms with van der Waals surface area (Å²) >= 11 is 8.06. The molecule has 2 bridgehead atoms. The highest BCUT2D eigenvalue weighted by molar-refractivity contribution is 14.1. The van der Waals surface area contributed by atoms with E-state index in [4.69, 9.17) is 16.3 Å². The smallest absolute Gasteiger partial charge is 0.310 e. The van der Waals surface area contributed by atoms with Crippen LogP contribution in [0.2, 0.25) is 5.02 Å². The molecule has 1 N–H and O–H groups in total. The number of halogens is 4. The van der Waals surface area contributed by atoms with Gasteiger partial charge in [-0.1, -0.05) is 24.9 Å². The lowest BCUT2D eigenvalue weighted by atomic mass is 9.92. The number of carbonyl (C=O) groups excluding carboxylic acids is 3. The summed E-state index contributed by atoms with van der Waals surface area (Å²) in [5.74, 6) is -2.89. The molecule has 0 aliphatic carbocycles. The van der Waals surface area contributed by atoms with Crippen LogP contribution in [0.25, 0.3) is 16.7 Å². The van der Waals surface area contributed by atoms with Gasteiger partial charge in [-0.3, -0.25) is 19.4 Å². The molecule has 2 aliphatic rings. The first-order valence-electron chi connectivity index (χ1n) is 13.9. The Kier molecular flexibility index (Phi) is 9.45. The highest BCUT2D eigenvalue weighted by Crippen LogP contribution is 2.38. The molecular formula is C32H29ClF2IN3O4. The molecule has 2 aromatic carbocycles. The lowest BCUT2D eigenvalue weighted by Crippen LogP contribution is -2.38. The van der Waals surface area contributed by atoms with Crippen molar-refractivity contribution in [3.8, 4) is 11.1 Å². The maximum atomic E-state index is 14.7. The Bertz CT molecular complexity index is 1650. The molecule has 2 atom stereocenters. The number of nitrogens with zero attached hydrogens (tertiary/aromatic N) is 2. The topological polar surface area (TPSA) is 88.6 Å². The predicted molar refractivity (Wildman–Crippen MR) is 168 cm³/mol. The molecule has 224 valence electrons. The second-order valence-electron chi connectivity index (χ2n) is 10.7. The summed E-state index contributed by atoms with van der Waals surface area (Å²) in [6, 6.07) is 9.27. The fraction of sp³-hybridized carbons (Fsp3) is 0.312. The SMILES string of the molecule is COC(=O)Cc1cc2c(cc1I)-c1ccnc(c1)[C@@H](N1CCC(c3c(F)ccc(Cl)c3F)=CC1=O)CCC[C@@H](C)C(=O)N2. The number of rotatable bonds is 4. The van der Waals surface area contributed by atoms with Crippen molar-refractivity contribution in [3.63, 3.8) is 0 Å². The number of pyridine rings is 1. The van der Waals surface area contributed by atoms with Crippen LogP contribution in [0.15, 0.2) is 48.7 Å². The molecule has 0 radical (unpaired) electrons. The number of hydrogen-bond acceptors (Lipinski definition) is 5. The largest absolute Gasteiger partial charge is 0.469 e. The standard InChI is InChI=1S/C32H29ClF2IN3O4/c1-17-4-3-5-27(39-11-9-19(14-28(39)40)30-23(34)7-6-22(33)31(30)35)26-12-18(8-10-37-26)21-16-24(36)20(15-29(41)43-2)13-25(21)38-32(17)42/h6-8,10,12-14,16-17,27H,3-5,9,11,15H2,1-2H3,(H,38,42)/t17-,27+/m1/s1. The van der Waals surface area contributed by atoms with Crippen LogP contribution < -0.4 is 5.32 Å². The maximum absolute atomic E-state index is 14.7. The summed E-state index contributed by atoms with van der Waals surface area (Å²) in [6.45, 7) is 2.08. The van der Waals surface area contributed by atoms with Crippen molar-refractivity contribution in [2.45, 2.75) is 45.1 Å². The fourth-order valence-electron chi connectivity index (χ4n) is 5.57. The number of amides is 2. The Hall–Kier alpha value is -3.38. The number of benzene rings is 2. The molecule has 7 nitrogen and oxygen atoms in total. The minimum Gasteiger partial charge on any atom is -0.469 e. The Morgan fingerprint density at radius 2 is 1.98 bits per heavy atom. The van der Waals surface area contributed by atoms with Crippen LogP contribution in [0.4, 0.5) is 14.5 Å². The lowest BCUT2D eigenvalue weighted by Gasteiger charge is -2.34. The van der Waals surface area contributed by atoms with Gasteiger partial charge in [-0.25, -0.2) is 8.78 Å². The van der Waals surface area contributed by atoms with Crippen molar-refractivity contribution >= 4 is 63.2 Å². The third-order valence-corrected chi connectivity index (χ3v) is 9.24. The quantitative estimate of drug-likeness (QED) is 0.176. The Labute approximate surface area is 266 Å². The summed E-state index contributed by atoms with van der Waals surface area (Å²) < 4.78 is 35.0. The zero-order chi connectivity index (χ0) is 30.8. The van der Waals surface area contributed by atoms with Gasteiger partial charge in [-0.2, -0.15) is 0 Å². The average molecular weight is 720 g/mol. The monoisotopic (exact) mass is 719 g/mol. The van der Waals surface area contributed by atoms with Crippen molar-refractivity contribution in [2.75, 3.05) is 19.0 Å². The molecule has 2 amide bonds. The summed E-state index contributed by atoms with van der Waals surface area (Å²) in [7, 11) is 1.33. The van der Waals surface area contributed by atoms with E-state index < -0.39 is 17.7 Å². The van der Waals surface area contributed by atoms with Gasteiger partial charge in [0, 0.05) is 39.6 Å². The van der Waals surface area contributed by atoms with Crippen LogP contribution in [-0.4, -0.2) is 41.3 Å². The van der Waals surface area contributed by atoms with E-state index in [2.05, 4.69) is 32.9 Å². The van der Waals surface area contributed by atoms with Crippen LogP contribution >= 0.6 is 34.2 Å². The number of carbonyl (C=O) groups is 3. The van der Waals surface area contributed by atoms with Crippen molar-refractivity contribution in [1.82, 2.24) is 9.88 Å². The van der Waals surface area contributed by atoms with Crippen LogP contribution in [0.3, 0.4) is 0 Å². The summed E-state index contributed by atoms with van der Waals surface area (Å²) in [5.41, 5.74) is 3.47. The molecule has 0 fully saturated rings. The summed E-state index contributed by atoms with van der Waals surface area (Å²) in [5, 5.41) is 2.84. The Morgan fingerprint density at radius 3 is 2.72 bits per heavy atom. The van der Waals surface area contributed by atoms with E-state index in [1.165, 1.54) is 13.2 Å². The van der Waals surface area contributed by atoms with Gasteiger partial charge in [-0.05, 0) is 95.0 Å². The van der Waals surface area contributed by atoms with Crippen LogP contribution in [-0.2, 0) is 25.5 Å². The van der Waals surface area contributed by atoms with Crippen LogP contribution in [0.5, 0.6) is 0 Å². The van der Waals surface area contributed by atoms with Gasteiger partial charge in [0.15, 0.2) is 5.82 Å². The van der Waals surface area contributed by atoms with E-state index >= 15 is 0 Å². The van der Waals surface area contributed by atoms with Gasteiger partial charge < -0.3 is 15.0 Å². The van der Waals surface area contributed by atoms with Gasteiger partial charge in [0.05, 0.1) is 35.9 Å². The van der Waals surface area contributed by atoms with Gasteiger partial charge in [0.1, 0.15) is 5.82 Å². The second-order valence-corrected chi connectivity index (χ2v) is 12.3. The van der Waals surface area contributed by atoms with Crippen molar-refractivity contribution in [1.29, 1.82) is 0 Å². The summed E-state index contributed by atoms with van der Waals surface area (Å²) in [4.78, 5) is 45.1. The molecule has 0 unspecified atom stereocenters. The third kappa shape index (κ3) is 6.59. The van der Waals surface area contributed by atoms with Crippen LogP contribution in [0.1, 0.15) is 55.5 Å². The zero-order valence-corrected chi connectivity index (χ0v) is 26.5. The van der Waals surface area contributed by atoms with Crippen molar-refractivity contribution in [2.24, 2.45) is 5.92 Å². The minimum atomic E-state index is -0.884. The molecule has 0 saturated heterocycles. The Balaban J connectivity index is 1.55. The van der Waals surface area contributed by atoms with E-state index in [0.29, 0.717) is 30.6 Å². The molecular weight excluding hydrogens is 691 g/mol. The number of nitrogens with one attached hydrogen (secondary N) is 1. The molecule has 5 rings (SSSR count). The lowest BCUT2D eigenvalue weighted by molar-refractivity contribution is -0.139. The highest BCUT2D eigenvalue weighted by atomic mass is 127. The number of fused-ring (bicyclic) bond motifs is 4. The van der Waals surface area contributed by atoms with E-state index in [1.54, 1.807) is 17.2 Å². The fourth-order valence-corrected chi connectivity index (χ4v) is 6.39. The van der Waals surface area contributed by atoms with E-state index in [0.717, 1.165) is 32.4 Å². The average Bonchev–Trinajstić information content (AvgIpc) is 2.98. The first kappa shape index (κ1) is 31.1. The second kappa shape index (κ2) is 13.1. The molecule has 11 heteroatoms. The van der Waals surface area contributed by atoms with E-state index in [9.17, 15) is 23.2 Å². The molecule has 0 spiro atoms. The molecule has 2 aliphatic heterocycles. The number of ether oxygens (including phenoxy) is 1. The minimum absolute atomic E-state index is 0.0622. The summed E-state index contributed by atoms with van der Waals surface area (Å²) in [6.07, 6.45) is 4.99. The molecule has 0 saturated carbocycles. The third-order valence-electron chi connectivity index (χ3n) is 7.95. The van der Waals surface area contributed by atoms with Gasteiger partial charge >= 0.3 is 5.97 Å². The number of aromatic nitrogens is 1. The van der Waals surface area contributed by atoms with Gasteiger partial charge in [-0.15, -0.1) is 0 Å². The molecule has 43 heavy (non-hydrogen) atoms. The van der Waals surface area contributed by atoms with Crippen molar-refractivity contribution in [3.05, 3.63) is 85.7 Å². The first-order chi connectivity index (χ1) is 20.6. The number of anilines is 1. The zero-order valence-electron chi connectivity index (χ0n) is 23.6. The first-order valence-corrected chi connectivity index (χ1v) is 15.3. The Morgan fingerprint density at radius 1 is 1.19 bits per heavy atom. The van der Waals surface area contributed by atoms with E-state index in [1.807, 2.05) is 25.1 Å².